The van der Waals surface area contributed by atoms with Crippen molar-refractivity contribution >= 4 is 34.1 Å². The van der Waals surface area contributed by atoms with Gasteiger partial charge < -0.3 is 19.1 Å². The minimum absolute atomic E-state index is 0.151. The fraction of sp³-hybridized carbons (Fsp3) is 0.281. The van der Waals surface area contributed by atoms with Crippen LogP contribution in [0.4, 0.5) is 0 Å². The zero-order valence-electron chi connectivity index (χ0n) is 24.1. The third kappa shape index (κ3) is 4.91. The summed E-state index contributed by atoms with van der Waals surface area (Å²) in [5.41, 5.74) is 2.28. The number of aromatic nitrogens is 1. The second kappa shape index (κ2) is 11.6. The topological polar surface area (TPSA) is 82.4 Å². The normalized spacial score (nSPS) is 15.0. The van der Waals surface area contributed by atoms with Gasteiger partial charge in [0, 0.05) is 30.3 Å². The lowest BCUT2D eigenvalue weighted by molar-refractivity contribution is -0.127. The molecule has 0 spiro atoms. The summed E-state index contributed by atoms with van der Waals surface area (Å²) >= 11 is 1.28. The van der Waals surface area contributed by atoms with Crippen LogP contribution in [0.3, 0.4) is 0 Å². The number of hydrogen-bond donors (Lipinski definition) is 0. The second-order valence-corrected chi connectivity index (χ2v) is 10.6. The molecule has 212 valence electrons. The zero-order chi connectivity index (χ0) is 29.3. The number of fused-ring (bicyclic) bond motifs is 2. The minimum Gasteiger partial charge on any atom is -0.497 e. The number of rotatable bonds is 8. The Kier molecular flexibility index (Phi) is 7.99. The molecule has 0 fully saturated rings. The molecule has 2 heterocycles. The number of methoxy groups -OCH3 is 3. The van der Waals surface area contributed by atoms with Crippen molar-refractivity contribution in [3.8, 4) is 17.2 Å². The van der Waals surface area contributed by atoms with Crippen LogP contribution in [-0.2, 0) is 4.79 Å². The molecule has 5 rings (SSSR count). The average Bonchev–Trinajstić information content (AvgIpc) is 3.30. The summed E-state index contributed by atoms with van der Waals surface area (Å²) in [6.45, 7) is 6.80. The molecule has 0 aliphatic carbocycles. The first-order chi connectivity index (χ1) is 19.9. The van der Waals surface area contributed by atoms with Crippen molar-refractivity contribution in [1.29, 1.82) is 0 Å². The number of likely N-dealkylation sites (N-methyl/N-ethyl adjacent to an activating group) is 1. The fourth-order valence-corrected chi connectivity index (χ4v) is 6.40. The van der Waals surface area contributed by atoms with Crippen molar-refractivity contribution in [2.24, 2.45) is 4.99 Å². The SMILES string of the molecule is CCN(CC)C(=O)C1=C(C)N=c2s/c(=C/c3ccc(OC)cc3OC)c(=O)n2[C@@H]1c1c(OC)ccc2ccccc12. The quantitative estimate of drug-likeness (QED) is 0.315. The molecule has 1 aliphatic heterocycles. The fourth-order valence-electron chi connectivity index (χ4n) is 5.36. The molecule has 0 unspecified atom stereocenters. The Hall–Kier alpha value is -4.37. The van der Waals surface area contributed by atoms with Crippen LogP contribution < -0.4 is 29.1 Å². The van der Waals surface area contributed by atoms with Gasteiger partial charge in [0.1, 0.15) is 23.3 Å². The number of allylic oxidation sites excluding steroid dienone is 1. The van der Waals surface area contributed by atoms with Gasteiger partial charge in [-0.3, -0.25) is 14.2 Å². The van der Waals surface area contributed by atoms with Gasteiger partial charge in [-0.2, -0.15) is 0 Å². The molecule has 3 aromatic carbocycles. The van der Waals surface area contributed by atoms with Crippen molar-refractivity contribution in [1.82, 2.24) is 9.47 Å². The van der Waals surface area contributed by atoms with Crippen LogP contribution >= 0.6 is 11.3 Å². The predicted molar refractivity (Wildman–Crippen MR) is 162 cm³/mol. The van der Waals surface area contributed by atoms with Crippen molar-refractivity contribution in [2.75, 3.05) is 34.4 Å². The first-order valence-corrected chi connectivity index (χ1v) is 14.3. The molecule has 0 saturated heterocycles. The second-order valence-electron chi connectivity index (χ2n) is 9.57. The van der Waals surface area contributed by atoms with E-state index in [2.05, 4.69) is 0 Å². The molecular formula is C32H33N3O5S. The number of thiazole rings is 1. The maximum absolute atomic E-state index is 14.3. The molecular weight excluding hydrogens is 538 g/mol. The van der Waals surface area contributed by atoms with Crippen LogP contribution in [0.25, 0.3) is 16.8 Å². The van der Waals surface area contributed by atoms with Gasteiger partial charge in [-0.1, -0.05) is 41.7 Å². The number of carbonyl (C=O) groups is 1. The van der Waals surface area contributed by atoms with E-state index in [4.69, 9.17) is 19.2 Å². The summed E-state index contributed by atoms with van der Waals surface area (Å²) < 4.78 is 18.9. The highest BCUT2D eigenvalue weighted by molar-refractivity contribution is 7.07. The standard InChI is InChI=1S/C32H33N3O5S/c1-7-34(8-2)31(37)27-19(3)33-32-35(29(27)28-23-12-10-9-11-20(23)14-16-24(28)39-5)30(36)26(41-32)17-21-13-15-22(38-4)18-25(21)40-6/h9-18,29H,7-8H2,1-6H3/b26-17+/t29-/m0/s1. The summed E-state index contributed by atoms with van der Waals surface area (Å²) in [4.78, 5) is 35.4. The van der Waals surface area contributed by atoms with Gasteiger partial charge in [-0.15, -0.1) is 0 Å². The van der Waals surface area contributed by atoms with Gasteiger partial charge in [0.25, 0.3) is 11.5 Å². The molecule has 41 heavy (non-hydrogen) atoms. The predicted octanol–water partition coefficient (Wildman–Crippen LogP) is 4.28. The summed E-state index contributed by atoms with van der Waals surface area (Å²) in [5.74, 6) is 1.68. The summed E-state index contributed by atoms with van der Waals surface area (Å²) in [7, 11) is 4.78. The molecule has 1 aliphatic rings. The van der Waals surface area contributed by atoms with Crippen LogP contribution in [0, 0.1) is 0 Å². The van der Waals surface area contributed by atoms with Gasteiger partial charge in [-0.25, -0.2) is 4.99 Å². The Labute approximate surface area is 242 Å². The van der Waals surface area contributed by atoms with Crippen LogP contribution in [0.5, 0.6) is 17.2 Å². The van der Waals surface area contributed by atoms with Crippen molar-refractivity contribution < 1.29 is 19.0 Å². The molecule has 0 bridgehead atoms. The Morgan fingerprint density at radius 3 is 2.41 bits per heavy atom. The van der Waals surface area contributed by atoms with Crippen molar-refractivity contribution in [3.05, 3.63) is 96.7 Å². The van der Waals surface area contributed by atoms with Gasteiger partial charge in [0.05, 0.1) is 37.1 Å². The summed E-state index contributed by atoms with van der Waals surface area (Å²) in [5, 5.41) is 1.89. The number of amides is 1. The molecule has 4 aromatic rings. The number of benzene rings is 3. The Morgan fingerprint density at radius 1 is 1.00 bits per heavy atom. The molecule has 0 saturated carbocycles. The number of nitrogens with zero attached hydrogens (tertiary/aromatic N) is 3. The van der Waals surface area contributed by atoms with Crippen LogP contribution in [0.15, 0.2) is 75.7 Å². The third-order valence-corrected chi connectivity index (χ3v) is 8.44. The molecule has 8 nitrogen and oxygen atoms in total. The number of hydrogen-bond acceptors (Lipinski definition) is 7. The first kappa shape index (κ1) is 28.2. The highest BCUT2D eigenvalue weighted by Crippen LogP contribution is 2.40. The van der Waals surface area contributed by atoms with Gasteiger partial charge >= 0.3 is 0 Å². The van der Waals surface area contributed by atoms with Crippen LogP contribution in [0.2, 0.25) is 0 Å². The average molecular weight is 572 g/mol. The van der Waals surface area contributed by atoms with Gasteiger partial charge in [0.2, 0.25) is 0 Å². The smallest absolute Gasteiger partial charge is 0.271 e. The van der Waals surface area contributed by atoms with E-state index in [9.17, 15) is 9.59 Å². The third-order valence-electron chi connectivity index (χ3n) is 7.45. The number of ether oxygens (including phenoxy) is 3. The largest absolute Gasteiger partial charge is 0.497 e. The lowest BCUT2D eigenvalue weighted by Gasteiger charge is -2.30. The lowest BCUT2D eigenvalue weighted by Crippen LogP contribution is -2.43. The summed E-state index contributed by atoms with van der Waals surface area (Å²) in [6, 6.07) is 16.5. The highest BCUT2D eigenvalue weighted by atomic mass is 32.1. The Balaban J connectivity index is 1.84. The molecule has 1 amide bonds. The molecule has 1 aromatic heterocycles. The Bertz CT molecular complexity index is 1850. The molecule has 0 N–H and O–H groups in total. The first-order valence-electron chi connectivity index (χ1n) is 13.5. The lowest BCUT2D eigenvalue weighted by atomic mass is 9.90. The monoisotopic (exact) mass is 571 g/mol. The molecule has 9 heteroatoms. The van der Waals surface area contributed by atoms with E-state index in [0.29, 0.717) is 50.9 Å². The maximum atomic E-state index is 14.3. The van der Waals surface area contributed by atoms with Crippen molar-refractivity contribution in [2.45, 2.75) is 26.8 Å². The van der Waals surface area contributed by atoms with E-state index >= 15 is 0 Å². The van der Waals surface area contributed by atoms with Crippen LogP contribution in [-0.4, -0.2) is 49.8 Å². The van der Waals surface area contributed by atoms with E-state index in [1.165, 1.54) is 11.3 Å². The summed E-state index contributed by atoms with van der Waals surface area (Å²) in [6.07, 6.45) is 1.80. The van der Waals surface area contributed by atoms with E-state index in [1.54, 1.807) is 42.9 Å². The molecule has 1 atom stereocenters. The van der Waals surface area contributed by atoms with E-state index in [-0.39, 0.29) is 11.5 Å². The number of carbonyl (C=O) groups excluding carboxylic acids is 1. The van der Waals surface area contributed by atoms with Crippen LogP contribution in [0.1, 0.15) is 37.9 Å². The van der Waals surface area contributed by atoms with E-state index in [0.717, 1.165) is 21.9 Å². The minimum atomic E-state index is -0.736. The van der Waals surface area contributed by atoms with E-state index < -0.39 is 6.04 Å². The van der Waals surface area contributed by atoms with Gasteiger partial charge in [0.15, 0.2) is 4.80 Å². The Morgan fingerprint density at radius 2 is 1.73 bits per heavy atom. The maximum Gasteiger partial charge on any atom is 0.271 e. The molecule has 0 radical (unpaired) electrons. The van der Waals surface area contributed by atoms with E-state index in [1.807, 2.05) is 69.3 Å². The van der Waals surface area contributed by atoms with Crippen molar-refractivity contribution in [3.63, 3.8) is 0 Å². The van der Waals surface area contributed by atoms with Gasteiger partial charge in [-0.05, 0) is 55.8 Å². The highest BCUT2D eigenvalue weighted by Gasteiger charge is 2.36. The zero-order valence-corrected chi connectivity index (χ0v) is 24.9.